The fourth-order valence-corrected chi connectivity index (χ4v) is 3.93. The summed E-state index contributed by atoms with van der Waals surface area (Å²) in [6, 6.07) is 11.6. The van der Waals surface area contributed by atoms with E-state index < -0.39 is 5.91 Å². The molecule has 2 aliphatic rings. The Morgan fingerprint density at radius 3 is 2.80 bits per heavy atom. The Morgan fingerprint density at radius 2 is 2.04 bits per heavy atom. The smallest absolute Gasteiger partial charge is 0.250 e. The predicted octanol–water partition coefficient (Wildman–Crippen LogP) is 2.26. The van der Waals surface area contributed by atoms with Crippen molar-refractivity contribution in [3.05, 3.63) is 58.9 Å². The maximum Gasteiger partial charge on any atom is 0.250 e. The Labute approximate surface area is 146 Å². The Hall–Kier alpha value is -2.69. The van der Waals surface area contributed by atoms with Gasteiger partial charge < -0.3 is 10.6 Å². The van der Waals surface area contributed by atoms with Gasteiger partial charge in [-0.15, -0.1) is 0 Å². The summed E-state index contributed by atoms with van der Waals surface area (Å²) in [5.74, 6) is -0.155. The van der Waals surface area contributed by atoms with Crippen LogP contribution >= 0.6 is 0 Å². The molecule has 5 heteroatoms. The molecule has 4 rings (SSSR count). The number of nitrogens with zero attached hydrogens (tertiary/aromatic N) is 2. The third-order valence-electron chi connectivity index (χ3n) is 5.15. The molecule has 0 bridgehead atoms. The number of amides is 2. The van der Waals surface area contributed by atoms with Crippen LogP contribution in [-0.4, -0.2) is 23.3 Å². The summed E-state index contributed by atoms with van der Waals surface area (Å²) in [6.07, 6.45) is 4.09. The van der Waals surface area contributed by atoms with Gasteiger partial charge in [0.25, 0.3) is 5.91 Å². The predicted molar refractivity (Wildman–Crippen MR) is 95.4 cm³/mol. The molecule has 2 N–H and O–H groups in total. The maximum absolute atomic E-state index is 12.4. The van der Waals surface area contributed by atoms with Crippen LogP contribution in [0, 0.1) is 5.92 Å². The number of para-hydroxylation sites is 1. The van der Waals surface area contributed by atoms with Gasteiger partial charge in [0.05, 0.1) is 11.3 Å². The van der Waals surface area contributed by atoms with Crippen molar-refractivity contribution in [1.82, 2.24) is 4.98 Å². The molecular weight excluding hydrogens is 314 g/mol. The Morgan fingerprint density at radius 1 is 1.24 bits per heavy atom. The van der Waals surface area contributed by atoms with E-state index in [9.17, 15) is 9.59 Å². The van der Waals surface area contributed by atoms with E-state index in [2.05, 4.69) is 0 Å². The van der Waals surface area contributed by atoms with Crippen LogP contribution in [0.2, 0.25) is 0 Å². The molecule has 5 nitrogen and oxygen atoms in total. The normalized spacial score (nSPS) is 19.3. The standard InChI is InChI=1S/C20H21N3O2/c21-20(25)16-11-14-5-4-8-17(14)22-18(16)9-13-10-19(24)23(12-13)15-6-2-1-3-7-15/h1-3,6-7,11,13H,4-5,8-10,12H2,(H2,21,25)/t13-/m1/s1. The third kappa shape index (κ3) is 3.02. The summed E-state index contributed by atoms with van der Waals surface area (Å²) in [4.78, 5) is 30.8. The first-order valence-electron chi connectivity index (χ1n) is 8.78. The van der Waals surface area contributed by atoms with Crippen LogP contribution in [0.5, 0.6) is 0 Å². The van der Waals surface area contributed by atoms with Crippen molar-refractivity contribution < 1.29 is 9.59 Å². The van der Waals surface area contributed by atoms with Crippen molar-refractivity contribution >= 4 is 17.5 Å². The van der Waals surface area contributed by atoms with Crippen LogP contribution in [0.3, 0.4) is 0 Å². The van der Waals surface area contributed by atoms with E-state index in [0.29, 0.717) is 24.9 Å². The van der Waals surface area contributed by atoms with Gasteiger partial charge in [-0.25, -0.2) is 0 Å². The maximum atomic E-state index is 12.4. The summed E-state index contributed by atoms with van der Waals surface area (Å²) < 4.78 is 0. The van der Waals surface area contributed by atoms with Gasteiger partial charge in [-0.2, -0.15) is 0 Å². The summed E-state index contributed by atoms with van der Waals surface area (Å²) in [6.45, 7) is 0.653. The lowest BCUT2D eigenvalue weighted by atomic mass is 9.97. The SMILES string of the molecule is NC(=O)c1cc2c(nc1C[C@@H]1CC(=O)N(c3ccccc3)C1)CCC2. The average molecular weight is 335 g/mol. The van der Waals surface area contributed by atoms with E-state index in [1.165, 1.54) is 0 Å². The zero-order chi connectivity index (χ0) is 17.4. The van der Waals surface area contributed by atoms with Crippen LogP contribution in [0.1, 0.15) is 40.2 Å². The lowest BCUT2D eigenvalue weighted by Gasteiger charge is -2.17. The van der Waals surface area contributed by atoms with Crippen LogP contribution in [-0.2, 0) is 24.1 Å². The minimum Gasteiger partial charge on any atom is -0.366 e. The number of pyridine rings is 1. The Bertz CT molecular complexity index is 832. The molecule has 2 heterocycles. The largest absolute Gasteiger partial charge is 0.366 e. The molecule has 2 aromatic rings. The number of benzene rings is 1. The van der Waals surface area contributed by atoms with Gasteiger partial charge >= 0.3 is 0 Å². The number of aryl methyl sites for hydroxylation is 2. The second-order valence-electron chi connectivity index (χ2n) is 6.92. The number of anilines is 1. The minimum absolute atomic E-state index is 0.123. The van der Waals surface area contributed by atoms with E-state index in [0.717, 1.165) is 41.9 Å². The van der Waals surface area contributed by atoms with Crippen molar-refractivity contribution in [2.75, 3.05) is 11.4 Å². The second kappa shape index (κ2) is 6.31. The number of hydrogen-bond donors (Lipinski definition) is 1. The lowest BCUT2D eigenvalue weighted by Crippen LogP contribution is -2.25. The van der Waals surface area contributed by atoms with Crippen molar-refractivity contribution in [3.63, 3.8) is 0 Å². The van der Waals surface area contributed by atoms with Crippen molar-refractivity contribution in [1.29, 1.82) is 0 Å². The minimum atomic E-state index is -0.429. The lowest BCUT2D eigenvalue weighted by molar-refractivity contribution is -0.117. The van der Waals surface area contributed by atoms with Gasteiger partial charge in [-0.3, -0.25) is 14.6 Å². The van der Waals surface area contributed by atoms with Crippen molar-refractivity contribution in [2.24, 2.45) is 11.7 Å². The number of hydrogen-bond acceptors (Lipinski definition) is 3. The van der Waals surface area contributed by atoms with E-state index in [-0.39, 0.29) is 11.8 Å². The summed E-state index contributed by atoms with van der Waals surface area (Å²) >= 11 is 0. The summed E-state index contributed by atoms with van der Waals surface area (Å²) in [7, 11) is 0. The van der Waals surface area contributed by atoms with E-state index in [1.54, 1.807) is 0 Å². The molecule has 2 amide bonds. The average Bonchev–Trinajstić information content (AvgIpc) is 3.20. The fraction of sp³-hybridized carbons (Fsp3) is 0.350. The van der Waals surface area contributed by atoms with Crippen LogP contribution < -0.4 is 10.6 Å². The van der Waals surface area contributed by atoms with Gasteiger partial charge in [0, 0.05) is 24.3 Å². The highest BCUT2D eigenvalue weighted by Crippen LogP contribution is 2.29. The van der Waals surface area contributed by atoms with Gasteiger partial charge in [-0.05, 0) is 55.4 Å². The number of primary amides is 1. The van der Waals surface area contributed by atoms with Crippen LogP contribution in [0.4, 0.5) is 5.69 Å². The summed E-state index contributed by atoms with van der Waals surface area (Å²) in [5, 5.41) is 0. The number of rotatable bonds is 4. The highest BCUT2D eigenvalue weighted by Gasteiger charge is 2.32. The molecule has 1 aromatic heterocycles. The number of fused-ring (bicyclic) bond motifs is 1. The van der Waals surface area contributed by atoms with Gasteiger partial charge in [0.1, 0.15) is 0 Å². The van der Waals surface area contributed by atoms with E-state index in [1.807, 2.05) is 41.3 Å². The Kier molecular flexibility index (Phi) is 3.99. The second-order valence-corrected chi connectivity index (χ2v) is 6.92. The molecule has 0 spiro atoms. The molecule has 1 aromatic carbocycles. The molecule has 1 atom stereocenters. The topological polar surface area (TPSA) is 76.3 Å². The highest BCUT2D eigenvalue weighted by atomic mass is 16.2. The molecule has 1 fully saturated rings. The first-order chi connectivity index (χ1) is 12.1. The molecule has 0 unspecified atom stereocenters. The van der Waals surface area contributed by atoms with E-state index in [4.69, 9.17) is 10.7 Å². The molecule has 1 aliphatic carbocycles. The monoisotopic (exact) mass is 335 g/mol. The molecule has 25 heavy (non-hydrogen) atoms. The molecule has 0 saturated carbocycles. The summed E-state index contributed by atoms with van der Waals surface area (Å²) in [5.41, 5.74) is 10.00. The molecule has 128 valence electrons. The number of carbonyl (C=O) groups is 2. The quantitative estimate of drug-likeness (QED) is 0.931. The van der Waals surface area contributed by atoms with E-state index >= 15 is 0 Å². The molecular formula is C20H21N3O2. The first kappa shape index (κ1) is 15.8. The molecule has 1 aliphatic heterocycles. The zero-order valence-electron chi connectivity index (χ0n) is 14.1. The Balaban J connectivity index is 1.57. The molecule has 0 radical (unpaired) electrons. The number of nitrogens with two attached hydrogens (primary N) is 1. The van der Waals surface area contributed by atoms with Crippen LogP contribution in [0.15, 0.2) is 36.4 Å². The first-order valence-corrected chi connectivity index (χ1v) is 8.78. The van der Waals surface area contributed by atoms with Crippen molar-refractivity contribution in [2.45, 2.75) is 32.1 Å². The third-order valence-corrected chi connectivity index (χ3v) is 5.15. The zero-order valence-corrected chi connectivity index (χ0v) is 14.1. The number of carbonyl (C=O) groups excluding carboxylic acids is 2. The van der Waals surface area contributed by atoms with Gasteiger partial charge in [-0.1, -0.05) is 18.2 Å². The highest BCUT2D eigenvalue weighted by molar-refractivity contribution is 5.96. The molecule has 1 saturated heterocycles. The van der Waals surface area contributed by atoms with Crippen molar-refractivity contribution in [3.8, 4) is 0 Å². The van der Waals surface area contributed by atoms with Gasteiger partial charge in [0.2, 0.25) is 5.91 Å². The van der Waals surface area contributed by atoms with Crippen LogP contribution in [0.25, 0.3) is 0 Å². The number of aromatic nitrogens is 1. The van der Waals surface area contributed by atoms with Gasteiger partial charge in [0.15, 0.2) is 0 Å². The fourth-order valence-electron chi connectivity index (χ4n) is 3.93.